The highest BCUT2D eigenvalue weighted by molar-refractivity contribution is 5.80. The van der Waals surface area contributed by atoms with Crippen molar-refractivity contribution in [2.45, 2.75) is 27.3 Å². The lowest BCUT2D eigenvalue weighted by molar-refractivity contribution is -0.137. The molecule has 0 heterocycles. The Bertz CT molecular complexity index is 472. The summed E-state index contributed by atoms with van der Waals surface area (Å²) in [4.78, 5) is 24.2. The van der Waals surface area contributed by atoms with E-state index in [4.69, 9.17) is 5.11 Å². The molecule has 0 saturated heterocycles. The minimum absolute atomic E-state index is 0.221. The molecule has 0 bridgehead atoms. The zero-order valence-corrected chi connectivity index (χ0v) is 12.2. The molecule has 2 N–H and O–H groups in total. The van der Waals surface area contributed by atoms with Crippen molar-refractivity contribution in [2.75, 3.05) is 13.1 Å². The van der Waals surface area contributed by atoms with Crippen LogP contribution in [0.2, 0.25) is 0 Å². The third-order valence-corrected chi connectivity index (χ3v) is 2.89. The molecule has 0 radical (unpaired) electrons. The molecule has 0 atom stereocenters. The van der Waals surface area contributed by atoms with E-state index in [9.17, 15) is 9.59 Å². The normalized spacial score (nSPS) is 10.4. The van der Waals surface area contributed by atoms with Crippen molar-refractivity contribution in [1.29, 1.82) is 0 Å². The maximum atomic E-state index is 12.1. The lowest BCUT2D eigenvalue weighted by Gasteiger charge is -2.23. The fourth-order valence-corrected chi connectivity index (χ4v) is 1.91. The molecule has 1 aromatic rings. The molecule has 0 aromatic heterocycles. The predicted octanol–water partition coefficient (Wildman–Crippen LogP) is 2.25. The lowest BCUT2D eigenvalue weighted by atomic mass is 10.1. The number of aliphatic carboxylic acids is 1. The van der Waals surface area contributed by atoms with Gasteiger partial charge in [0.1, 0.15) is 6.54 Å². The molecule has 0 aliphatic carbocycles. The van der Waals surface area contributed by atoms with Crippen molar-refractivity contribution in [1.82, 2.24) is 10.2 Å². The van der Waals surface area contributed by atoms with Crippen molar-refractivity contribution >= 4 is 12.0 Å². The number of benzene rings is 1. The summed E-state index contributed by atoms with van der Waals surface area (Å²) in [6.45, 7) is 6.42. The van der Waals surface area contributed by atoms with E-state index in [-0.39, 0.29) is 18.5 Å². The van der Waals surface area contributed by atoms with Gasteiger partial charge in [-0.15, -0.1) is 0 Å². The minimum atomic E-state index is -1.00. The summed E-state index contributed by atoms with van der Waals surface area (Å²) in [5, 5.41) is 11.6. The Morgan fingerprint density at radius 2 is 1.95 bits per heavy atom. The summed E-state index contributed by atoms with van der Waals surface area (Å²) < 4.78 is 0. The Labute approximate surface area is 119 Å². The Morgan fingerprint density at radius 3 is 2.50 bits per heavy atom. The van der Waals surface area contributed by atoms with Gasteiger partial charge in [0.2, 0.25) is 0 Å². The average molecular weight is 278 g/mol. The maximum Gasteiger partial charge on any atom is 0.323 e. The summed E-state index contributed by atoms with van der Waals surface area (Å²) in [6.07, 6.45) is 0. The van der Waals surface area contributed by atoms with Gasteiger partial charge in [-0.05, 0) is 24.0 Å². The maximum absolute atomic E-state index is 12.1. The standard InChI is InChI=1S/C15H22N2O3/c1-11(2)9-17(10-14(18)19)15(20)16-8-13-7-5-4-6-12(13)3/h4-7,11H,8-10H2,1-3H3,(H,16,20)(H,18,19). The van der Waals surface area contributed by atoms with Gasteiger partial charge in [-0.3, -0.25) is 4.79 Å². The molecule has 1 aromatic carbocycles. The molecular weight excluding hydrogens is 256 g/mol. The molecule has 0 spiro atoms. The number of nitrogens with zero attached hydrogens (tertiary/aromatic N) is 1. The van der Waals surface area contributed by atoms with Crippen molar-refractivity contribution in [3.05, 3.63) is 35.4 Å². The third-order valence-electron chi connectivity index (χ3n) is 2.89. The highest BCUT2D eigenvalue weighted by atomic mass is 16.4. The summed E-state index contributed by atoms with van der Waals surface area (Å²) in [6, 6.07) is 7.43. The molecule has 0 unspecified atom stereocenters. The number of amides is 2. The second-order valence-electron chi connectivity index (χ2n) is 5.25. The van der Waals surface area contributed by atoms with Crippen molar-refractivity contribution in [3.63, 3.8) is 0 Å². The quantitative estimate of drug-likeness (QED) is 0.838. The smallest absolute Gasteiger partial charge is 0.323 e. The monoisotopic (exact) mass is 278 g/mol. The van der Waals surface area contributed by atoms with E-state index in [1.54, 1.807) is 0 Å². The number of nitrogens with one attached hydrogen (secondary N) is 1. The van der Waals surface area contributed by atoms with Gasteiger partial charge >= 0.3 is 12.0 Å². The number of urea groups is 1. The first kappa shape index (κ1) is 16.0. The lowest BCUT2D eigenvalue weighted by Crippen LogP contribution is -2.44. The van der Waals surface area contributed by atoms with Crippen LogP contribution in [-0.4, -0.2) is 35.1 Å². The first-order valence-electron chi connectivity index (χ1n) is 6.69. The average Bonchev–Trinajstić information content (AvgIpc) is 2.35. The summed E-state index contributed by atoms with van der Waals surface area (Å²) in [5.41, 5.74) is 2.13. The number of carbonyl (C=O) groups is 2. The molecule has 5 nitrogen and oxygen atoms in total. The predicted molar refractivity (Wildman–Crippen MR) is 77.5 cm³/mol. The van der Waals surface area contributed by atoms with Gasteiger partial charge in [-0.25, -0.2) is 4.79 Å². The van der Waals surface area contributed by atoms with E-state index >= 15 is 0 Å². The van der Waals surface area contributed by atoms with Gasteiger partial charge in [0.15, 0.2) is 0 Å². The van der Waals surface area contributed by atoms with Crippen LogP contribution in [0.3, 0.4) is 0 Å². The zero-order chi connectivity index (χ0) is 15.1. The van der Waals surface area contributed by atoms with Gasteiger partial charge in [-0.1, -0.05) is 38.1 Å². The summed E-state index contributed by atoms with van der Waals surface area (Å²) in [5.74, 6) is -0.782. The number of aryl methyl sites for hydroxylation is 1. The van der Waals surface area contributed by atoms with E-state index < -0.39 is 5.97 Å². The highest BCUT2D eigenvalue weighted by Gasteiger charge is 2.17. The van der Waals surface area contributed by atoms with Crippen LogP contribution in [0, 0.1) is 12.8 Å². The van der Waals surface area contributed by atoms with Crippen molar-refractivity contribution in [3.8, 4) is 0 Å². The molecule has 2 amide bonds. The van der Waals surface area contributed by atoms with Crippen LogP contribution in [0.25, 0.3) is 0 Å². The Balaban J connectivity index is 2.62. The second kappa shape index (κ2) is 7.53. The van der Waals surface area contributed by atoms with Crippen molar-refractivity contribution < 1.29 is 14.7 Å². The Hall–Kier alpha value is -2.04. The van der Waals surface area contributed by atoms with E-state index in [1.165, 1.54) is 4.90 Å². The minimum Gasteiger partial charge on any atom is -0.480 e. The molecule has 0 aliphatic rings. The van der Waals surface area contributed by atoms with Gasteiger partial charge < -0.3 is 15.3 Å². The Morgan fingerprint density at radius 1 is 1.30 bits per heavy atom. The molecule has 0 aliphatic heterocycles. The van der Waals surface area contributed by atoms with Gasteiger partial charge in [0.25, 0.3) is 0 Å². The fourth-order valence-electron chi connectivity index (χ4n) is 1.91. The molecule has 0 saturated carbocycles. The van der Waals surface area contributed by atoms with Crippen LogP contribution in [0.5, 0.6) is 0 Å². The fraction of sp³-hybridized carbons (Fsp3) is 0.467. The third kappa shape index (κ3) is 5.30. The van der Waals surface area contributed by atoms with Gasteiger partial charge in [0.05, 0.1) is 0 Å². The van der Waals surface area contributed by atoms with Gasteiger partial charge in [-0.2, -0.15) is 0 Å². The molecule has 5 heteroatoms. The zero-order valence-electron chi connectivity index (χ0n) is 12.2. The first-order chi connectivity index (χ1) is 9.40. The van der Waals surface area contributed by atoms with E-state index in [1.807, 2.05) is 45.0 Å². The van der Waals surface area contributed by atoms with Crippen LogP contribution in [0.15, 0.2) is 24.3 Å². The van der Waals surface area contributed by atoms with Crippen LogP contribution in [0.4, 0.5) is 4.79 Å². The van der Waals surface area contributed by atoms with Crippen LogP contribution in [0.1, 0.15) is 25.0 Å². The molecule has 1 rings (SSSR count). The molecule has 110 valence electrons. The van der Waals surface area contributed by atoms with E-state index in [0.29, 0.717) is 13.1 Å². The van der Waals surface area contributed by atoms with Crippen LogP contribution < -0.4 is 5.32 Å². The van der Waals surface area contributed by atoms with Gasteiger partial charge in [0, 0.05) is 13.1 Å². The Kier molecular flexibility index (Phi) is 6.03. The second-order valence-corrected chi connectivity index (χ2v) is 5.25. The van der Waals surface area contributed by atoms with Crippen LogP contribution in [-0.2, 0) is 11.3 Å². The molecular formula is C15H22N2O3. The van der Waals surface area contributed by atoms with E-state index in [0.717, 1.165) is 11.1 Å². The number of hydrogen-bond acceptors (Lipinski definition) is 2. The topological polar surface area (TPSA) is 69.6 Å². The largest absolute Gasteiger partial charge is 0.480 e. The summed E-state index contributed by atoms with van der Waals surface area (Å²) >= 11 is 0. The van der Waals surface area contributed by atoms with Crippen LogP contribution >= 0.6 is 0 Å². The highest BCUT2D eigenvalue weighted by Crippen LogP contribution is 2.07. The number of hydrogen-bond donors (Lipinski definition) is 2. The van der Waals surface area contributed by atoms with E-state index in [2.05, 4.69) is 5.32 Å². The molecule has 0 fully saturated rings. The number of carboxylic acid groups (broad SMARTS) is 1. The van der Waals surface area contributed by atoms with Crippen molar-refractivity contribution in [2.24, 2.45) is 5.92 Å². The first-order valence-corrected chi connectivity index (χ1v) is 6.69. The number of carboxylic acids is 1. The number of carbonyl (C=O) groups excluding carboxylic acids is 1. The molecule has 20 heavy (non-hydrogen) atoms. The number of rotatable bonds is 6. The summed E-state index contributed by atoms with van der Waals surface area (Å²) in [7, 11) is 0. The SMILES string of the molecule is Cc1ccccc1CNC(=O)N(CC(=O)O)CC(C)C.